The fourth-order valence-corrected chi connectivity index (χ4v) is 3.74. The molecular weight excluding hydrogens is 200 g/mol. The summed E-state index contributed by atoms with van der Waals surface area (Å²) in [5.74, 6) is 2.95. The van der Waals surface area contributed by atoms with Crippen LogP contribution in [0.15, 0.2) is 0 Å². The van der Waals surface area contributed by atoms with E-state index in [4.69, 9.17) is 5.73 Å². The molecule has 0 radical (unpaired) electrons. The minimum Gasteiger partial charge on any atom is -0.353 e. The van der Waals surface area contributed by atoms with Gasteiger partial charge >= 0.3 is 0 Å². The Morgan fingerprint density at radius 1 is 1.19 bits per heavy atom. The van der Waals surface area contributed by atoms with Crippen LogP contribution in [0.3, 0.4) is 0 Å². The first kappa shape index (κ1) is 10.6. The second-order valence-electron chi connectivity index (χ2n) is 5.97. The molecule has 0 spiro atoms. The Hall–Kier alpha value is -0.570. The van der Waals surface area contributed by atoms with Crippen LogP contribution in [0.25, 0.3) is 0 Å². The van der Waals surface area contributed by atoms with Crippen LogP contribution in [0.2, 0.25) is 0 Å². The molecule has 3 nitrogen and oxygen atoms in total. The third kappa shape index (κ3) is 1.86. The van der Waals surface area contributed by atoms with Crippen molar-refractivity contribution in [2.75, 3.05) is 6.54 Å². The largest absolute Gasteiger partial charge is 0.353 e. The monoisotopic (exact) mass is 222 g/mol. The minimum absolute atomic E-state index is 0.317. The standard InChI is InChI=1S/C13H22N2O/c14-7-8-2-1-3-12(8)15-13(16)11-5-9-4-10(9)6-11/h8-12H,1-7,14H2,(H,15,16). The van der Waals surface area contributed by atoms with Gasteiger partial charge in [0.2, 0.25) is 5.91 Å². The van der Waals surface area contributed by atoms with Gasteiger partial charge in [-0.2, -0.15) is 0 Å². The first-order valence-electron chi connectivity index (χ1n) is 6.78. The summed E-state index contributed by atoms with van der Waals surface area (Å²) in [5.41, 5.74) is 5.73. The van der Waals surface area contributed by atoms with E-state index >= 15 is 0 Å². The van der Waals surface area contributed by atoms with E-state index < -0.39 is 0 Å². The predicted molar refractivity (Wildman–Crippen MR) is 62.6 cm³/mol. The number of hydrogen-bond donors (Lipinski definition) is 2. The molecule has 4 atom stereocenters. The third-order valence-electron chi connectivity index (χ3n) is 4.90. The lowest BCUT2D eigenvalue weighted by atomic mass is 9.99. The van der Waals surface area contributed by atoms with Gasteiger partial charge in [-0.25, -0.2) is 0 Å². The van der Waals surface area contributed by atoms with E-state index in [-0.39, 0.29) is 0 Å². The van der Waals surface area contributed by atoms with Gasteiger partial charge in [-0.1, -0.05) is 6.42 Å². The Kier molecular flexibility index (Phi) is 2.66. The van der Waals surface area contributed by atoms with Gasteiger partial charge in [-0.05, 0) is 56.4 Å². The summed E-state index contributed by atoms with van der Waals surface area (Å²) in [6, 6.07) is 0.370. The molecule has 3 rings (SSSR count). The highest BCUT2D eigenvalue weighted by molar-refractivity contribution is 5.79. The summed E-state index contributed by atoms with van der Waals surface area (Å²) in [6.07, 6.45) is 7.24. The number of hydrogen-bond acceptors (Lipinski definition) is 2. The Labute approximate surface area is 97.2 Å². The fourth-order valence-electron chi connectivity index (χ4n) is 3.74. The Bertz CT molecular complexity index is 282. The smallest absolute Gasteiger partial charge is 0.223 e. The van der Waals surface area contributed by atoms with Crippen LogP contribution < -0.4 is 11.1 Å². The molecular formula is C13H22N2O. The van der Waals surface area contributed by atoms with E-state index in [1.54, 1.807) is 0 Å². The number of carbonyl (C=O) groups is 1. The molecule has 90 valence electrons. The number of nitrogens with two attached hydrogens (primary N) is 1. The van der Waals surface area contributed by atoms with Crippen LogP contribution in [0.5, 0.6) is 0 Å². The second kappa shape index (κ2) is 4.02. The maximum Gasteiger partial charge on any atom is 0.223 e. The summed E-state index contributed by atoms with van der Waals surface area (Å²) in [4.78, 5) is 12.1. The molecule has 0 aromatic rings. The zero-order valence-corrected chi connectivity index (χ0v) is 9.82. The summed E-state index contributed by atoms with van der Waals surface area (Å²) < 4.78 is 0. The molecule has 16 heavy (non-hydrogen) atoms. The lowest BCUT2D eigenvalue weighted by Crippen LogP contribution is -2.42. The van der Waals surface area contributed by atoms with Gasteiger partial charge in [0.15, 0.2) is 0 Å². The zero-order valence-electron chi connectivity index (χ0n) is 9.82. The van der Waals surface area contributed by atoms with E-state index in [9.17, 15) is 4.79 Å². The van der Waals surface area contributed by atoms with Crippen molar-refractivity contribution in [2.24, 2.45) is 29.4 Å². The van der Waals surface area contributed by atoms with E-state index in [2.05, 4.69) is 5.32 Å². The van der Waals surface area contributed by atoms with Gasteiger partial charge in [0.25, 0.3) is 0 Å². The fraction of sp³-hybridized carbons (Fsp3) is 0.923. The first-order valence-corrected chi connectivity index (χ1v) is 6.78. The molecule has 3 aliphatic carbocycles. The van der Waals surface area contributed by atoms with Gasteiger partial charge in [0, 0.05) is 12.0 Å². The molecule has 1 amide bonds. The van der Waals surface area contributed by atoms with Crippen molar-refractivity contribution in [3.63, 3.8) is 0 Å². The van der Waals surface area contributed by atoms with Crippen molar-refractivity contribution in [3.8, 4) is 0 Å². The average Bonchev–Trinajstić information content (AvgIpc) is 2.75. The van der Waals surface area contributed by atoms with Crippen molar-refractivity contribution >= 4 is 5.91 Å². The number of nitrogens with one attached hydrogen (secondary N) is 1. The van der Waals surface area contributed by atoms with Crippen molar-refractivity contribution < 1.29 is 4.79 Å². The number of carbonyl (C=O) groups excluding carboxylic acids is 1. The SMILES string of the molecule is NCC1CCCC1NC(=O)C1CC2CC2C1. The van der Waals surface area contributed by atoms with Crippen LogP contribution in [-0.4, -0.2) is 18.5 Å². The van der Waals surface area contributed by atoms with Crippen LogP contribution in [-0.2, 0) is 4.79 Å². The van der Waals surface area contributed by atoms with Crippen molar-refractivity contribution in [3.05, 3.63) is 0 Å². The summed E-state index contributed by atoms with van der Waals surface area (Å²) >= 11 is 0. The molecule has 0 heterocycles. The minimum atomic E-state index is 0.317. The summed E-state index contributed by atoms with van der Waals surface area (Å²) in [6.45, 7) is 0.723. The number of amides is 1. The normalized spacial score (nSPS) is 45.4. The molecule has 4 unspecified atom stereocenters. The molecule has 3 saturated carbocycles. The second-order valence-corrected chi connectivity index (χ2v) is 5.97. The van der Waals surface area contributed by atoms with Gasteiger partial charge in [0.05, 0.1) is 0 Å². The third-order valence-corrected chi connectivity index (χ3v) is 4.90. The van der Waals surface area contributed by atoms with Crippen molar-refractivity contribution in [1.29, 1.82) is 0 Å². The van der Waals surface area contributed by atoms with Gasteiger partial charge in [-0.3, -0.25) is 4.79 Å². The zero-order chi connectivity index (χ0) is 11.1. The molecule has 3 heteroatoms. The average molecular weight is 222 g/mol. The quantitative estimate of drug-likeness (QED) is 0.755. The maximum atomic E-state index is 12.1. The lowest BCUT2D eigenvalue weighted by molar-refractivity contribution is -0.126. The Morgan fingerprint density at radius 3 is 2.62 bits per heavy atom. The molecule has 0 aromatic carbocycles. The highest BCUT2D eigenvalue weighted by Gasteiger charge is 2.48. The number of fused-ring (bicyclic) bond motifs is 1. The van der Waals surface area contributed by atoms with Crippen LogP contribution in [0.1, 0.15) is 38.5 Å². The van der Waals surface area contributed by atoms with Crippen molar-refractivity contribution in [2.45, 2.75) is 44.6 Å². The molecule has 3 aliphatic rings. The Morgan fingerprint density at radius 2 is 1.94 bits per heavy atom. The molecule has 0 aromatic heterocycles. The molecule has 0 aliphatic heterocycles. The van der Waals surface area contributed by atoms with E-state index in [1.165, 1.54) is 19.3 Å². The highest BCUT2D eigenvalue weighted by Crippen LogP contribution is 2.54. The molecule has 0 saturated heterocycles. The topological polar surface area (TPSA) is 55.1 Å². The van der Waals surface area contributed by atoms with Gasteiger partial charge < -0.3 is 11.1 Å². The predicted octanol–water partition coefficient (Wildman–Crippen LogP) is 1.28. The molecule has 3 fully saturated rings. The van der Waals surface area contributed by atoms with Crippen LogP contribution >= 0.6 is 0 Å². The number of rotatable bonds is 3. The van der Waals surface area contributed by atoms with Crippen LogP contribution in [0, 0.1) is 23.7 Å². The van der Waals surface area contributed by atoms with Gasteiger partial charge in [0.1, 0.15) is 0 Å². The van der Waals surface area contributed by atoms with E-state index in [0.29, 0.717) is 23.8 Å². The summed E-state index contributed by atoms with van der Waals surface area (Å²) in [5, 5.41) is 3.24. The lowest BCUT2D eigenvalue weighted by Gasteiger charge is -2.22. The van der Waals surface area contributed by atoms with E-state index in [0.717, 1.165) is 37.6 Å². The molecule has 3 N–H and O–H groups in total. The van der Waals surface area contributed by atoms with Crippen LogP contribution in [0.4, 0.5) is 0 Å². The van der Waals surface area contributed by atoms with E-state index in [1.807, 2.05) is 0 Å². The van der Waals surface area contributed by atoms with Gasteiger partial charge in [-0.15, -0.1) is 0 Å². The maximum absolute atomic E-state index is 12.1. The highest BCUT2D eigenvalue weighted by atomic mass is 16.2. The van der Waals surface area contributed by atoms with Crippen molar-refractivity contribution in [1.82, 2.24) is 5.32 Å². The summed E-state index contributed by atoms with van der Waals surface area (Å²) in [7, 11) is 0. The first-order chi connectivity index (χ1) is 7.78. The molecule has 0 bridgehead atoms. The Balaban J connectivity index is 1.52.